The zero-order valence-corrected chi connectivity index (χ0v) is 16.3. The van der Waals surface area contributed by atoms with Crippen LogP contribution in [0.15, 0.2) is 29.0 Å². The summed E-state index contributed by atoms with van der Waals surface area (Å²) in [6.07, 6.45) is 4.95. The van der Waals surface area contributed by atoms with Gasteiger partial charge in [-0.3, -0.25) is 9.59 Å². The van der Waals surface area contributed by atoms with Crippen molar-refractivity contribution >= 4 is 17.5 Å². The van der Waals surface area contributed by atoms with Crippen molar-refractivity contribution in [2.75, 3.05) is 26.7 Å². The summed E-state index contributed by atoms with van der Waals surface area (Å²) < 4.78 is 11.8. The maximum Gasteiger partial charge on any atom is 0.292 e. The minimum absolute atomic E-state index is 0.0602. The van der Waals surface area contributed by atoms with Crippen LogP contribution >= 0.6 is 0 Å². The molecule has 1 atom stereocenters. The Bertz CT molecular complexity index is 1040. The number of carbonyl (C=O) groups is 2. The molecule has 2 amide bonds. The number of methoxy groups -OCH3 is 1. The van der Waals surface area contributed by atoms with Crippen LogP contribution in [-0.2, 0) is 0 Å². The minimum Gasteiger partial charge on any atom is -0.479 e. The highest BCUT2D eigenvalue weighted by molar-refractivity contribution is 5.99. The van der Waals surface area contributed by atoms with Gasteiger partial charge in [-0.2, -0.15) is 5.10 Å². The van der Waals surface area contributed by atoms with Crippen molar-refractivity contribution in [1.29, 1.82) is 0 Å². The van der Waals surface area contributed by atoms with Crippen LogP contribution in [0.3, 0.4) is 0 Å². The quantitative estimate of drug-likeness (QED) is 0.692. The number of fused-ring (bicyclic) bond motifs is 1. The smallest absolute Gasteiger partial charge is 0.292 e. The van der Waals surface area contributed by atoms with Crippen LogP contribution in [0.1, 0.15) is 52.3 Å². The van der Waals surface area contributed by atoms with Gasteiger partial charge in [0.15, 0.2) is 5.65 Å². The van der Waals surface area contributed by atoms with Gasteiger partial charge in [0.05, 0.1) is 25.1 Å². The van der Waals surface area contributed by atoms with E-state index in [1.807, 2.05) is 13.0 Å². The van der Waals surface area contributed by atoms with Gasteiger partial charge in [0.25, 0.3) is 17.7 Å². The van der Waals surface area contributed by atoms with E-state index in [-0.39, 0.29) is 29.4 Å². The SMILES string of the molecule is CCNC(=O)c1cnn2c(C3CCCN(C(=O)c4cc(OC)no4)C3)ccnc12. The van der Waals surface area contributed by atoms with Gasteiger partial charge in [-0.1, -0.05) is 0 Å². The van der Waals surface area contributed by atoms with Crippen molar-refractivity contribution in [2.24, 2.45) is 0 Å². The lowest BCUT2D eigenvalue weighted by molar-refractivity contribution is 0.0662. The number of aromatic nitrogens is 4. The van der Waals surface area contributed by atoms with Crippen LogP contribution in [0.4, 0.5) is 0 Å². The number of hydrogen-bond donors (Lipinski definition) is 1. The lowest BCUT2D eigenvalue weighted by Crippen LogP contribution is -2.39. The van der Waals surface area contributed by atoms with Gasteiger partial charge >= 0.3 is 0 Å². The van der Waals surface area contributed by atoms with Gasteiger partial charge in [-0.15, -0.1) is 0 Å². The molecular weight excluding hydrogens is 376 g/mol. The molecule has 0 bridgehead atoms. The molecule has 1 aliphatic heterocycles. The second kappa shape index (κ2) is 7.90. The Labute approximate surface area is 166 Å². The number of nitrogens with zero attached hydrogens (tertiary/aromatic N) is 5. The van der Waals surface area contributed by atoms with Crippen LogP contribution < -0.4 is 10.1 Å². The fourth-order valence-electron chi connectivity index (χ4n) is 3.65. The second-order valence-corrected chi connectivity index (χ2v) is 6.85. The molecule has 1 aliphatic rings. The zero-order valence-electron chi connectivity index (χ0n) is 16.3. The predicted octanol–water partition coefficient (Wildman–Crippen LogP) is 1.50. The molecule has 1 fully saturated rings. The maximum absolute atomic E-state index is 12.8. The van der Waals surface area contributed by atoms with Gasteiger partial charge < -0.3 is 19.5 Å². The number of rotatable bonds is 5. The van der Waals surface area contributed by atoms with E-state index in [1.165, 1.54) is 19.4 Å². The molecule has 10 heteroatoms. The van der Waals surface area contributed by atoms with Crippen LogP contribution in [-0.4, -0.2) is 63.2 Å². The number of piperidine rings is 1. The van der Waals surface area contributed by atoms with E-state index in [2.05, 4.69) is 20.6 Å². The molecule has 3 aromatic rings. The van der Waals surface area contributed by atoms with Crippen molar-refractivity contribution < 1.29 is 18.8 Å². The lowest BCUT2D eigenvalue weighted by Gasteiger charge is -2.32. The first-order valence-electron chi connectivity index (χ1n) is 9.53. The molecule has 4 heterocycles. The molecule has 0 aromatic carbocycles. The average molecular weight is 398 g/mol. The highest BCUT2D eigenvalue weighted by Gasteiger charge is 2.29. The number of ether oxygens (including phenoxy) is 1. The van der Waals surface area contributed by atoms with Crippen molar-refractivity contribution in [3.05, 3.63) is 41.5 Å². The molecule has 0 radical (unpaired) electrons. The number of likely N-dealkylation sites (tertiary alicyclic amines) is 1. The largest absolute Gasteiger partial charge is 0.479 e. The highest BCUT2D eigenvalue weighted by Crippen LogP contribution is 2.28. The van der Waals surface area contributed by atoms with Gasteiger partial charge in [0.2, 0.25) is 5.76 Å². The van der Waals surface area contributed by atoms with Gasteiger partial charge in [0.1, 0.15) is 5.56 Å². The summed E-state index contributed by atoms with van der Waals surface area (Å²) in [6.45, 7) is 3.54. The predicted molar refractivity (Wildman–Crippen MR) is 102 cm³/mol. The Morgan fingerprint density at radius 1 is 1.41 bits per heavy atom. The third-order valence-electron chi connectivity index (χ3n) is 5.05. The number of nitrogens with one attached hydrogen (secondary N) is 1. The Kier molecular flexibility index (Phi) is 5.15. The van der Waals surface area contributed by atoms with Crippen LogP contribution in [0, 0.1) is 0 Å². The molecule has 29 heavy (non-hydrogen) atoms. The Hall–Kier alpha value is -3.43. The summed E-state index contributed by atoms with van der Waals surface area (Å²) in [5.74, 6) is 0.0586. The van der Waals surface area contributed by atoms with E-state index in [4.69, 9.17) is 9.26 Å². The molecule has 3 aromatic heterocycles. The van der Waals surface area contributed by atoms with Crippen LogP contribution in [0.5, 0.6) is 5.88 Å². The highest BCUT2D eigenvalue weighted by atomic mass is 16.5. The molecule has 0 aliphatic carbocycles. The van der Waals surface area contributed by atoms with E-state index in [0.29, 0.717) is 30.8 Å². The number of amides is 2. The monoisotopic (exact) mass is 398 g/mol. The van der Waals surface area contributed by atoms with E-state index in [0.717, 1.165) is 18.5 Å². The molecular formula is C19H22N6O4. The van der Waals surface area contributed by atoms with Crippen molar-refractivity contribution in [3.8, 4) is 5.88 Å². The normalized spacial score (nSPS) is 16.8. The standard InChI is InChI=1S/C19H22N6O4/c1-3-20-18(26)13-10-22-25-14(6-7-21-17(13)25)12-5-4-8-24(11-12)19(27)15-9-16(28-2)23-29-15/h6-7,9-10,12H,3-5,8,11H2,1-2H3,(H,20,26). The third kappa shape index (κ3) is 3.53. The summed E-state index contributed by atoms with van der Waals surface area (Å²) in [7, 11) is 1.47. The fourth-order valence-corrected chi connectivity index (χ4v) is 3.65. The molecule has 152 valence electrons. The summed E-state index contributed by atoms with van der Waals surface area (Å²) in [6, 6.07) is 3.38. The van der Waals surface area contributed by atoms with E-state index in [9.17, 15) is 9.59 Å². The molecule has 10 nitrogen and oxygen atoms in total. The zero-order chi connectivity index (χ0) is 20.4. The number of hydrogen-bond acceptors (Lipinski definition) is 7. The van der Waals surface area contributed by atoms with E-state index < -0.39 is 0 Å². The molecule has 0 spiro atoms. The van der Waals surface area contributed by atoms with Gasteiger partial charge in [-0.05, 0) is 31.0 Å². The first kappa shape index (κ1) is 18.9. The first-order valence-corrected chi connectivity index (χ1v) is 9.53. The summed E-state index contributed by atoms with van der Waals surface area (Å²) >= 11 is 0. The van der Waals surface area contributed by atoms with Crippen LogP contribution in [0.25, 0.3) is 5.65 Å². The van der Waals surface area contributed by atoms with Crippen LogP contribution in [0.2, 0.25) is 0 Å². The molecule has 4 rings (SSSR count). The summed E-state index contributed by atoms with van der Waals surface area (Å²) in [4.78, 5) is 31.1. The number of carbonyl (C=O) groups excluding carboxylic acids is 2. The lowest BCUT2D eigenvalue weighted by atomic mass is 9.94. The van der Waals surface area contributed by atoms with E-state index in [1.54, 1.807) is 15.6 Å². The minimum atomic E-state index is -0.223. The molecule has 1 saturated heterocycles. The Balaban J connectivity index is 1.59. The van der Waals surface area contributed by atoms with Crippen molar-refractivity contribution in [2.45, 2.75) is 25.7 Å². The van der Waals surface area contributed by atoms with E-state index >= 15 is 0 Å². The first-order chi connectivity index (χ1) is 14.1. The topological polar surface area (TPSA) is 115 Å². The van der Waals surface area contributed by atoms with Crippen molar-refractivity contribution in [3.63, 3.8) is 0 Å². The Morgan fingerprint density at radius 3 is 3.03 bits per heavy atom. The Morgan fingerprint density at radius 2 is 2.28 bits per heavy atom. The fraction of sp³-hybridized carbons (Fsp3) is 0.421. The van der Waals surface area contributed by atoms with Gasteiger partial charge in [-0.25, -0.2) is 9.50 Å². The average Bonchev–Trinajstić information content (AvgIpc) is 3.40. The van der Waals surface area contributed by atoms with Gasteiger partial charge in [0, 0.05) is 31.7 Å². The summed E-state index contributed by atoms with van der Waals surface area (Å²) in [5, 5.41) is 10.9. The third-order valence-corrected chi connectivity index (χ3v) is 5.05. The molecule has 1 N–H and O–H groups in total. The maximum atomic E-state index is 12.8. The second-order valence-electron chi connectivity index (χ2n) is 6.85. The van der Waals surface area contributed by atoms with Crippen molar-refractivity contribution in [1.82, 2.24) is 30.0 Å². The molecule has 1 unspecified atom stereocenters. The summed E-state index contributed by atoms with van der Waals surface area (Å²) in [5.41, 5.74) is 1.86. The molecule has 0 saturated carbocycles.